The molecule has 0 spiro atoms. The van der Waals surface area contributed by atoms with Crippen LogP contribution in [0.4, 0.5) is 23.2 Å². The van der Waals surface area contributed by atoms with Crippen LogP contribution in [-0.2, 0) is 11.0 Å². The van der Waals surface area contributed by atoms with Crippen molar-refractivity contribution in [2.75, 3.05) is 26.0 Å². The summed E-state index contributed by atoms with van der Waals surface area (Å²) < 4.78 is 60.9. The van der Waals surface area contributed by atoms with Gasteiger partial charge in [0.25, 0.3) is 11.8 Å². The molecule has 1 aromatic heterocycles. The molecular formula is C21H18F4N4O3. The number of hydrogen-bond acceptors (Lipinski definition) is 4. The molecule has 2 amide bonds. The molecule has 0 aliphatic carbocycles. The minimum absolute atomic E-state index is 0.0639. The molecular weight excluding hydrogens is 432 g/mol. The Balaban J connectivity index is 1.83. The maximum Gasteiger partial charge on any atom is 0.418 e. The number of halogens is 4. The van der Waals surface area contributed by atoms with Gasteiger partial charge in [-0.1, -0.05) is 0 Å². The lowest BCUT2D eigenvalue weighted by Crippen LogP contribution is -2.27. The quantitative estimate of drug-likeness (QED) is 0.581. The van der Waals surface area contributed by atoms with Gasteiger partial charge in [-0.2, -0.15) is 13.2 Å². The van der Waals surface area contributed by atoms with Crippen LogP contribution < -0.4 is 10.1 Å². The number of hydrogen-bond donors (Lipinski definition) is 1. The number of aromatic nitrogens is 2. The van der Waals surface area contributed by atoms with Crippen LogP contribution >= 0.6 is 0 Å². The Morgan fingerprint density at radius 2 is 1.91 bits per heavy atom. The van der Waals surface area contributed by atoms with Crippen LogP contribution in [0.25, 0.3) is 5.69 Å². The van der Waals surface area contributed by atoms with Crippen molar-refractivity contribution in [3.63, 3.8) is 0 Å². The standard InChI is InChI=1S/C21H18F4N4O3/c1-28(2)19(30)11-32-18-9-13(3-5-16(18)22)20(31)27-14-4-6-17(29-8-7-26-12-29)15(10-14)21(23,24)25/h3-10,12H,11H2,1-2H3,(H,27,31). The molecule has 0 bridgehead atoms. The van der Waals surface area contributed by atoms with E-state index in [9.17, 15) is 27.2 Å². The van der Waals surface area contributed by atoms with Crippen LogP contribution in [0, 0.1) is 5.82 Å². The predicted molar refractivity (Wildman–Crippen MR) is 107 cm³/mol. The Morgan fingerprint density at radius 1 is 1.16 bits per heavy atom. The Kier molecular flexibility index (Phi) is 6.47. The molecule has 1 N–H and O–H groups in total. The SMILES string of the molecule is CN(C)C(=O)COc1cc(C(=O)Nc2ccc(-n3ccnc3)c(C(F)(F)F)c2)ccc1F. The van der Waals surface area contributed by atoms with Gasteiger partial charge in [0.2, 0.25) is 0 Å². The average Bonchev–Trinajstić information content (AvgIpc) is 3.26. The molecule has 0 radical (unpaired) electrons. The van der Waals surface area contributed by atoms with E-state index in [1.807, 2.05) is 0 Å². The number of carbonyl (C=O) groups is 2. The first-order valence-electron chi connectivity index (χ1n) is 9.19. The first kappa shape index (κ1) is 22.8. The zero-order valence-electron chi connectivity index (χ0n) is 17.0. The van der Waals surface area contributed by atoms with E-state index in [-0.39, 0.29) is 22.7 Å². The number of nitrogens with zero attached hydrogens (tertiary/aromatic N) is 3. The average molecular weight is 450 g/mol. The van der Waals surface area contributed by atoms with Gasteiger partial charge >= 0.3 is 6.18 Å². The Labute approximate surface area is 180 Å². The normalized spacial score (nSPS) is 11.2. The fourth-order valence-corrected chi connectivity index (χ4v) is 2.69. The number of alkyl halides is 3. The predicted octanol–water partition coefficient (Wildman–Crippen LogP) is 3.75. The molecule has 11 heteroatoms. The second kappa shape index (κ2) is 9.08. The summed E-state index contributed by atoms with van der Waals surface area (Å²) in [7, 11) is 3.00. The number of benzene rings is 2. The summed E-state index contributed by atoms with van der Waals surface area (Å²) in [5.41, 5.74) is -1.30. The van der Waals surface area contributed by atoms with Crippen LogP contribution in [0.2, 0.25) is 0 Å². The number of imidazole rings is 1. The number of anilines is 1. The summed E-state index contributed by atoms with van der Waals surface area (Å²) in [5, 5.41) is 2.36. The van der Waals surface area contributed by atoms with Crippen molar-refractivity contribution < 1.29 is 31.9 Å². The van der Waals surface area contributed by atoms with Crippen molar-refractivity contribution in [2.45, 2.75) is 6.18 Å². The second-order valence-corrected chi connectivity index (χ2v) is 6.88. The highest BCUT2D eigenvalue weighted by Crippen LogP contribution is 2.35. The molecule has 0 atom stereocenters. The van der Waals surface area contributed by atoms with Crippen molar-refractivity contribution in [1.82, 2.24) is 14.5 Å². The van der Waals surface area contributed by atoms with Gasteiger partial charge in [0, 0.05) is 37.7 Å². The van der Waals surface area contributed by atoms with E-state index in [2.05, 4.69) is 10.3 Å². The van der Waals surface area contributed by atoms with E-state index < -0.39 is 36.0 Å². The van der Waals surface area contributed by atoms with Crippen molar-refractivity contribution in [3.05, 3.63) is 72.1 Å². The monoisotopic (exact) mass is 450 g/mol. The fraction of sp³-hybridized carbons (Fsp3) is 0.190. The molecule has 7 nitrogen and oxygen atoms in total. The lowest BCUT2D eigenvalue weighted by atomic mass is 10.1. The molecule has 0 aliphatic heterocycles. The molecule has 32 heavy (non-hydrogen) atoms. The molecule has 2 aromatic carbocycles. The third-order valence-corrected chi connectivity index (χ3v) is 4.39. The van der Waals surface area contributed by atoms with Gasteiger partial charge in [0.05, 0.1) is 17.6 Å². The van der Waals surface area contributed by atoms with E-state index in [0.717, 1.165) is 24.3 Å². The Morgan fingerprint density at radius 3 is 2.53 bits per heavy atom. The van der Waals surface area contributed by atoms with E-state index >= 15 is 0 Å². The van der Waals surface area contributed by atoms with Crippen LogP contribution in [0.3, 0.4) is 0 Å². The highest BCUT2D eigenvalue weighted by atomic mass is 19.4. The topological polar surface area (TPSA) is 76.5 Å². The summed E-state index contributed by atoms with van der Waals surface area (Å²) in [5.74, 6) is -2.33. The maximum atomic E-state index is 14.0. The fourth-order valence-electron chi connectivity index (χ4n) is 2.69. The van der Waals surface area contributed by atoms with E-state index in [1.165, 1.54) is 54.4 Å². The molecule has 3 aromatic rings. The zero-order chi connectivity index (χ0) is 23.5. The van der Waals surface area contributed by atoms with Gasteiger partial charge in [-0.05, 0) is 36.4 Å². The van der Waals surface area contributed by atoms with E-state index in [4.69, 9.17) is 4.74 Å². The molecule has 168 valence electrons. The van der Waals surface area contributed by atoms with Crippen molar-refractivity contribution in [2.24, 2.45) is 0 Å². The summed E-state index contributed by atoms with van der Waals surface area (Å²) in [6.07, 6.45) is -0.750. The number of nitrogens with one attached hydrogen (secondary N) is 1. The van der Waals surface area contributed by atoms with Gasteiger partial charge < -0.3 is 19.5 Å². The minimum atomic E-state index is -4.68. The first-order chi connectivity index (χ1) is 15.1. The van der Waals surface area contributed by atoms with Crippen LogP contribution in [0.1, 0.15) is 15.9 Å². The summed E-state index contributed by atoms with van der Waals surface area (Å²) in [6, 6.07) is 6.48. The molecule has 3 rings (SSSR count). The van der Waals surface area contributed by atoms with Crippen molar-refractivity contribution in [3.8, 4) is 11.4 Å². The van der Waals surface area contributed by atoms with Crippen LogP contribution in [0.15, 0.2) is 55.1 Å². The lowest BCUT2D eigenvalue weighted by molar-refractivity contribution is -0.137. The largest absolute Gasteiger partial charge is 0.481 e. The Bertz CT molecular complexity index is 1130. The van der Waals surface area contributed by atoms with E-state index in [0.29, 0.717) is 0 Å². The highest BCUT2D eigenvalue weighted by Gasteiger charge is 2.34. The van der Waals surface area contributed by atoms with Crippen molar-refractivity contribution in [1.29, 1.82) is 0 Å². The number of ether oxygens (including phenoxy) is 1. The first-order valence-corrected chi connectivity index (χ1v) is 9.19. The number of amides is 2. The summed E-state index contributed by atoms with van der Waals surface area (Å²) in [4.78, 5) is 29.1. The summed E-state index contributed by atoms with van der Waals surface area (Å²) in [6.45, 7) is -0.445. The van der Waals surface area contributed by atoms with Gasteiger partial charge in [-0.3, -0.25) is 9.59 Å². The molecule has 0 saturated carbocycles. The Hall–Kier alpha value is -3.89. The number of carbonyl (C=O) groups excluding carboxylic acids is 2. The molecule has 0 aliphatic rings. The number of likely N-dealkylation sites (N-methyl/N-ethyl adjacent to an activating group) is 1. The smallest absolute Gasteiger partial charge is 0.418 e. The van der Waals surface area contributed by atoms with Crippen LogP contribution in [0.5, 0.6) is 5.75 Å². The van der Waals surface area contributed by atoms with Gasteiger partial charge in [0.15, 0.2) is 18.2 Å². The maximum absolute atomic E-state index is 14.0. The highest BCUT2D eigenvalue weighted by molar-refractivity contribution is 6.04. The third-order valence-electron chi connectivity index (χ3n) is 4.39. The van der Waals surface area contributed by atoms with Gasteiger partial charge in [-0.15, -0.1) is 0 Å². The van der Waals surface area contributed by atoms with Crippen LogP contribution in [-0.4, -0.2) is 47.0 Å². The second-order valence-electron chi connectivity index (χ2n) is 6.88. The molecule has 1 heterocycles. The molecule has 0 fully saturated rings. The third kappa shape index (κ3) is 5.23. The zero-order valence-corrected chi connectivity index (χ0v) is 17.0. The number of rotatable bonds is 6. The lowest BCUT2D eigenvalue weighted by Gasteiger charge is -2.16. The van der Waals surface area contributed by atoms with Gasteiger partial charge in [0.1, 0.15) is 0 Å². The molecule has 0 saturated heterocycles. The van der Waals surface area contributed by atoms with Crippen molar-refractivity contribution >= 4 is 17.5 Å². The summed E-state index contributed by atoms with van der Waals surface area (Å²) >= 11 is 0. The molecule has 0 unspecified atom stereocenters. The minimum Gasteiger partial charge on any atom is -0.481 e. The van der Waals surface area contributed by atoms with E-state index in [1.54, 1.807) is 0 Å². The van der Waals surface area contributed by atoms with Gasteiger partial charge in [-0.25, -0.2) is 9.37 Å².